The van der Waals surface area contributed by atoms with Crippen LogP contribution < -0.4 is 5.32 Å². The van der Waals surface area contributed by atoms with E-state index < -0.39 is 5.54 Å². The molecule has 0 aromatic heterocycles. The maximum Gasteiger partial charge on any atom is 0.125 e. The molecule has 2 rings (SSSR count). The molecule has 2 nitrogen and oxygen atoms in total. The van der Waals surface area contributed by atoms with E-state index in [4.69, 9.17) is 11.6 Å². The Labute approximate surface area is 114 Å². The number of hydrogen-bond donors (Lipinski definition) is 1. The van der Waals surface area contributed by atoms with Crippen molar-refractivity contribution in [3.05, 3.63) is 29.3 Å². The van der Waals surface area contributed by atoms with Gasteiger partial charge in [0, 0.05) is 0 Å². The minimum Gasteiger partial charge on any atom is -0.366 e. The molecule has 3 heteroatoms. The van der Waals surface area contributed by atoms with Gasteiger partial charge in [-0.3, -0.25) is 0 Å². The molecule has 1 aliphatic carbocycles. The summed E-state index contributed by atoms with van der Waals surface area (Å²) in [7, 11) is 0. The Morgan fingerprint density at radius 1 is 1.06 bits per heavy atom. The average Bonchev–Trinajstić information content (AvgIpc) is 2.35. The first kappa shape index (κ1) is 13.2. The Morgan fingerprint density at radius 2 is 1.67 bits per heavy atom. The number of para-hydroxylation sites is 1. The summed E-state index contributed by atoms with van der Waals surface area (Å²) >= 11 is 6.16. The fourth-order valence-corrected chi connectivity index (χ4v) is 2.78. The summed E-state index contributed by atoms with van der Waals surface area (Å²) in [4.78, 5) is 0. The van der Waals surface area contributed by atoms with Gasteiger partial charge in [0.1, 0.15) is 5.54 Å². The van der Waals surface area contributed by atoms with Gasteiger partial charge in [-0.2, -0.15) is 5.26 Å². The van der Waals surface area contributed by atoms with E-state index in [1.54, 1.807) is 0 Å². The van der Waals surface area contributed by atoms with Crippen molar-refractivity contribution >= 4 is 17.3 Å². The van der Waals surface area contributed by atoms with Crippen molar-refractivity contribution in [2.75, 3.05) is 5.32 Å². The summed E-state index contributed by atoms with van der Waals surface area (Å²) in [5, 5.41) is 13.6. The first-order chi connectivity index (χ1) is 8.76. The van der Waals surface area contributed by atoms with E-state index >= 15 is 0 Å². The summed E-state index contributed by atoms with van der Waals surface area (Å²) < 4.78 is 0. The maximum atomic E-state index is 9.55. The van der Waals surface area contributed by atoms with Crippen LogP contribution in [0.1, 0.15) is 44.9 Å². The third-order valence-corrected chi connectivity index (χ3v) is 4.00. The average molecular weight is 263 g/mol. The van der Waals surface area contributed by atoms with Crippen LogP contribution in [0.3, 0.4) is 0 Å². The fraction of sp³-hybridized carbons (Fsp3) is 0.533. The Kier molecular flexibility index (Phi) is 4.49. The van der Waals surface area contributed by atoms with E-state index in [1.807, 2.05) is 24.3 Å². The topological polar surface area (TPSA) is 35.8 Å². The third-order valence-electron chi connectivity index (χ3n) is 3.67. The normalized spacial score (nSPS) is 19.3. The molecule has 0 unspecified atom stereocenters. The third kappa shape index (κ3) is 3.17. The molecule has 1 aliphatic rings. The SMILES string of the molecule is N#CC1(Nc2ccccc2Cl)CCCCCCC1. The monoisotopic (exact) mass is 262 g/mol. The zero-order valence-corrected chi connectivity index (χ0v) is 11.3. The molecule has 1 N–H and O–H groups in total. The Balaban J connectivity index is 2.16. The standard InChI is InChI=1S/C15H19ClN2/c16-13-8-4-5-9-14(13)18-15(12-17)10-6-2-1-3-7-11-15/h4-5,8-9,18H,1-3,6-7,10-11H2. The molecule has 1 aromatic rings. The van der Waals surface area contributed by atoms with Crippen LogP contribution in [0, 0.1) is 11.3 Å². The first-order valence-electron chi connectivity index (χ1n) is 6.70. The van der Waals surface area contributed by atoms with Crippen LogP contribution in [0.4, 0.5) is 5.69 Å². The van der Waals surface area contributed by atoms with E-state index in [1.165, 1.54) is 19.3 Å². The molecule has 1 saturated carbocycles. The smallest absolute Gasteiger partial charge is 0.125 e. The number of anilines is 1. The zero-order chi connectivity index (χ0) is 12.8. The second kappa shape index (κ2) is 6.11. The molecular formula is C15H19ClN2. The number of benzene rings is 1. The highest BCUT2D eigenvalue weighted by Crippen LogP contribution is 2.32. The number of nitrogens with zero attached hydrogens (tertiary/aromatic N) is 1. The summed E-state index contributed by atoms with van der Waals surface area (Å²) in [5.74, 6) is 0. The number of hydrogen-bond acceptors (Lipinski definition) is 2. The van der Waals surface area contributed by atoms with Gasteiger partial charge in [-0.25, -0.2) is 0 Å². The lowest BCUT2D eigenvalue weighted by Crippen LogP contribution is -2.37. The van der Waals surface area contributed by atoms with Gasteiger partial charge in [0.2, 0.25) is 0 Å². The largest absolute Gasteiger partial charge is 0.366 e. The van der Waals surface area contributed by atoms with Crippen LogP contribution in [-0.4, -0.2) is 5.54 Å². The highest BCUT2D eigenvalue weighted by atomic mass is 35.5. The molecule has 0 heterocycles. The molecule has 0 bridgehead atoms. The van der Waals surface area contributed by atoms with Gasteiger partial charge in [-0.15, -0.1) is 0 Å². The Morgan fingerprint density at radius 3 is 2.28 bits per heavy atom. The van der Waals surface area contributed by atoms with Crippen molar-refractivity contribution in [1.82, 2.24) is 0 Å². The van der Waals surface area contributed by atoms with E-state index in [0.717, 1.165) is 31.4 Å². The van der Waals surface area contributed by atoms with E-state index in [-0.39, 0.29) is 0 Å². The second-order valence-electron chi connectivity index (χ2n) is 5.07. The highest BCUT2D eigenvalue weighted by Gasteiger charge is 2.30. The lowest BCUT2D eigenvalue weighted by molar-refractivity contribution is 0.410. The fourth-order valence-electron chi connectivity index (χ4n) is 2.59. The molecule has 96 valence electrons. The molecule has 0 spiro atoms. The molecule has 0 aliphatic heterocycles. The quantitative estimate of drug-likeness (QED) is 0.834. The van der Waals surface area contributed by atoms with Gasteiger partial charge in [-0.1, -0.05) is 55.8 Å². The Hall–Kier alpha value is -1.20. The minimum atomic E-state index is -0.439. The Bertz CT molecular complexity index is 428. The van der Waals surface area contributed by atoms with E-state index in [9.17, 15) is 5.26 Å². The van der Waals surface area contributed by atoms with Crippen LogP contribution in [0.15, 0.2) is 24.3 Å². The number of halogens is 1. The molecule has 1 fully saturated rings. The summed E-state index contributed by atoms with van der Waals surface area (Å²) in [6, 6.07) is 10.1. The molecule has 0 radical (unpaired) electrons. The molecule has 18 heavy (non-hydrogen) atoms. The summed E-state index contributed by atoms with van der Waals surface area (Å²) in [5.41, 5.74) is 0.437. The van der Waals surface area contributed by atoms with Gasteiger partial charge in [0.05, 0.1) is 16.8 Å². The van der Waals surface area contributed by atoms with Gasteiger partial charge in [0.25, 0.3) is 0 Å². The number of nitrogens with one attached hydrogen (secondary N) is 1. The number of rotatable bonds is 2. The molecule has 1 aromatic carbocycles. The van der Waals surface area contributed by atoms with Crippen LogP contribution in [0.25, 0.3) is 0 Å². The van der Waals surface area contributed by atoms with Gasteiger partial charge in [-0.05, 0) is 25.0 Å². The van der Waals surface area contributed by atoms with E-state index in [0.29, 0.717) is 5.02 Å². The minimum absolute atomic E-state index is 0.439. The van der Waals surface area contributed by atoms with Crippen LogP contribution in [-0.2, 0) is 0 Å². The maximum absolute atomic E-state index is 9.55. The van der Waals surface area contributed by atoms with Gasteiger partial charge in [0.15, 0.2) is 0 Å². The summed E-state index contributed by atoms with van der Waals surface area (Å²) in [6.45, 7) is 0. The molecular weight excluding hydrogens is 244 g/mol. The van der Waals surface area contributed by atoms with Crippen molar-refractivity contribution in [3.8, 4) is 6.07 Å². The second-order valence-corrected chi connectivity index (χ2v) is 5.47. The first-order valence-corrected chi connectivity index (χ1v) is 7.08. The summed E-state index contributed by atoms with van der Waals surface area (Å²) in [6.07, 6.45) is 7.81. The van der Waals surface area contributed by atoms with E-state index in [2.05, 4.69) is 11.4 Å². The zero-order valence-electron chi connectivity index (χ0n) is 10.6. The molecule has 0 saturated heterocycles. The molecule has 0 atom stereocenters. The number of nitriles is 1. The van der Waals surface area contributed by atoms with Gasteiger partial charge >= 0.3 is 0 Å². The lowest BCUT2D eigenvalue weighted by Gasteiger charge is -2.31. The van der Waals surface area contributed by atoms with Crippen molar-refractivity contribution in [1.29, 1.82) is 5.26 Å². The highest BCUT2D eigenvalue weighted by molar-refractivity contribution is 6.33. The van der Waals surface area contributed by atoms with Crippen molar-refractivity contribution in [2.45, 2.75) is 50.5 Å². The van der Waals surface area contributed by atoms with Crippen molar-refractivity contribution < 1.29 is 0 Å². The lowest BCUT2D eigenvalue weighted by atomic mass is 9.85. The van der Waals surface area contributed by atoms with Crippen molar-refractivity contribution in [3.63, 3.8) is 0 Å². The van der Waals surface area contributed by atoms with Crippen molar-refractivity contribution in [2.24, 2.45) is 0 Å². The predicted octanol–water partition coefficient (Wildman–Crippen LogP) is 4.76. The van der Waals surface area contributed by atoms with Gasteiger partial charge < -0.3 is 5.32 Å². The van der Waals surface area contributed by atoms with Crippen LogP contribution >= 0.6 is 11.6 Å². The van der Waals surface area contributed by atoms with Crippen LogP contribution in [0.5, 0.6) is 0 Å². The molecule has 0 amide bonds. The predicted molar refractivity (Wildman–Crippen MR) is 75.7 cm³/mol. The van der Waals surface area contributed by atoms with Crippen LogP contribution in [0.2, 0.25) is 5.02 Å².